The molecule has 2 aliphatic heterocycles. The molecular formula is C44H45Cl6N7O4. The zero-order chi connectivity index (χ0) is 42.9. The maximum atomic E-state index is 6.53. The first-order chi connectivity index (χ1) is 29.4. The highest BCUT2D eigenvalue weighted by Crippen LogP contribution is 2.41. The van der Waals surface area contributed by atoms with E-state index < -0.39 is 5.79 Å². The molecule has 2 aromatic heterocycles. The second kappa shape index (κ2) is 21.2. The summed E-state index contributed by atoms with van der Waals surface area (Å²) < 4.78 is 28.4. The van der Waals surface area contributed by atoms with Gasteiger partial charge >= 0.3 is 0 Å². The number of hydrogen-bond donors (Lipinski definition) is 0. The molecule has 3 atom stereocenters. The lowest BCUT2D eigenvalue weighted by Crippen LogP contribution is -2.48. The molecule has 4 heterocycles. The summed E-state index contributed by atoms with van der Waals surface area (Å²) in [5.74, 6) is -0.327. The Balaban J connectivity index is 0.000000197. The highest BCUT2D eigenvalue weighted by Gasteiger charge is 2.45. The van der Waals surface area contributed by atoms with Crippen LogP contribution in [-0.2, 0) is 39.7 Å². The number of ether oxygens (including phenoxy) is 4. The van der Waals surface area contributed by atoms with Crippen LogP contribution in [0.3, 0.4) is 0 Å². The lowest BCUT2D eigenvalue weighted by molar-refractivity contribution is -0.190. The van der Waals surface area contributed by atoms with E-state index in [9.17, 15) is 0 Å². The van der Waals surface area contributed by atoms with Crippen LogP contribution in [0.15, 0.2) is 110 Å². The topological polar surface area (TPSA) is 91.9 Å². The zero-order valence-corrected chi connectivity index (χ0v) is 38.1. The summed E-state index contributed by atoms with van der Waals surface area (Å²) >= 11 is 37.2. The quantitative estimate of drug-likeness (QED) is 0.106. The average molecular weight is 949 g/mol. The van der Waals surface area contributed by atoms with Gasteiger partial charge in [0.25, 0.3) is 0 Å². The minimum atomic E-state index is -1.12. The second-order valence-corrected chi connectivity index (χ2v) is 17.4. The number of halogens is 6. The molecule has 8 rings (SSSR count). The van der Waals surface area contributed by atoms with Crippen LogP contribution in [0, 0.1) is 0 Å². The Kier molecular flexibility index (Phi) is 15.8. The minimum absolute atomic E-state index is 0.286. The number of rotatable bonds is 14. The maximum absolute atomic E-state index is 6.53. The third kappa shape index (κ3) is 12.1. The molecule has 2 fully saturated rings. The lowest BCUT2D eigenvalue weighted by atomic mass is 10.1. The Labute approximate surface area is 385 Å². The number of imidazole rings is 1. The van der Waals surface area contributed by atoms with E-state index in [1.165, 1.54) is 12.0 Å². The van der Waals surface area contributed by atoms with Crippen LogP contribution in [0.2, 0.25) is 30.1 Å². The zero-order valence-electron chi connectivity index (χ0n) is 33.5. The molecule has 11 nitrogen and oxygen atoms in total. The maximum Gasteiger partial charge on any atom is 0.217 e. The summed E-state index contributed by atoms with van der Waals surface area (Å²) in [6.07, 6.45) is 7.84. The molecule has 0 spiro atoms. The summed E-state index contributed by atoms with van der Waals surface area (Å²) in [6, 6.07) is 24.8. The van der Waals surface area contributed by atoms with Crippen LogP contribution in [0.4, 0.5) is 5.69 Å². The molecule has 0 amide bonds. The van der Waals surface area contributed by atoms with Crippen LogP contribution in [0.1, 0.15) is 36.6 Å². The van der Waals surface area contributed by atoms with Crippen molar-refractivity contribution in [3.63, 3.8) is 0 Å². The minimum Gasteiger partial charge on any atom is -0.491 e. The van der Waals surface area contributed by atoms with Gasteiger partial charge in [-0.25, -0.2) is 14.6 Å². The van der Waals surface area contributed by atoms with E-state index in [-0.39, 0.29) is 12.2 Å². The third-order valence-electron chi connectivity index (χ3n) is 10.4. The van der Waals surface area contributed by atoms with E-state index in [0.717, 1.165) is 43.1 Å². The molecule has 17 heteroatoms. The Morgan fingerprint density at radius 3 is 2.13 bits per heavy atom. The van der Waals surface area contributed by atoms with E-state index in [4.69, 9.17) is 88.6 Å². The number of aromatic nitrogens is 5. The van der Waals surface area contributed by atoms with Gasteiger partial charge in [0, 0.05) is 86.5 Å². The highest BCUT2D eigenvalue weighted by atomic mass is 35.5. The van der Waals surface area contributed by atoms with Crippen molar-refractivity contribution in [2.45, 2.75) is 57.6 Å². The van der Waals surface area contributed by atoms with Crippen LogP contribution in [0.25, 0.3) is 0 Å². The summed E-state index contributed by atoms with van der Waals surface area (Å²) in [7, 11) is 0. The van der Waals surface area contributed by atoms with E-state index >= 15 is 0 Å². The van der Waals surface area contributed by atoms with Crippen LogP contribution in [-0.4, -0.2) is 80.8 Å². The predicted octanol–water partition coefficient (Wildman–Crippen LogP) is 10.9. The van der Waals surface area contributed by atoms with E-state index in [1.54, 1.807) is 59.9 Å². The highest BCUT2D eigenvalue weighted by molar-refractivity contribution is 6.36. The Bertz CT molecular complexity index is 2310. The van der Waals surface area contributed by atoms with Crippen molar-refractivity contribution >= 4 is 75.3 Å². The van der Waals surface area contributed by atoms with Gasteiger partial charge in [0.1, 0.15) is 43.8 Å². The standard InChI is InChI=1S/C26H31Cl2N5O3.C18H14Cl4N2O/c1-19(2)31-9-11-32(12-10-31)21-4-6-22(7-5-21)34-14-23-15-35-26(36-23,16-33-18-29-17-30-33)24-8-3-20(27)13-25(24)28;19-13-2-1-12(16(21)7-13)10-25-18(9-24-6-5-23-11-24)15-4-3-14(20)8-17(15)22/h3-8,13,17-19,23H,9-12,14-16H2,1-2H3;1-8,11,18H,9-10H2/t23-,26-;/m0./s1. The smallest absolute Gasteiger partial charge is 0.217 e. The Morgan fingerprint density at radius 2 is 1.49 bits per heavy atom. The summed E-state index contributed by atoms with van der Waals surface area (Å²) in [6.45, 7) is 10.6. The first-order valence-corrected chi connectivity index (χ1v) is 22.0. The molecule has 4 aromatic carbocycles. The Morgan fingerprint density at radius 1 is 0.787 bits per heavy atom. The number of anilines is 1. The summed E-state index contributed by atoms with van der Waals surface area (Å²) in [4.78, 5) is 13.0. The molecule has 2 aliphatic rings. The van der Waals surface area contributed by atoms with Gasteiger partial charge in [0.15, 0.2) is 0 Å². The van der Waals surface area contributed by atoms with Crippen molar-refractivity contribution in [3.8, 4) is 5.75 Å². The fourth-order valence-electron chi connectivity index (χ4n) is 7.14. The third-order valence-corrected chi connectivity index (χ3v) is 12.1. The number of nitrogens with zero attached hydrogens (tertiary/aromatic N) is 7. The van der Waals surface area contributed by atoms with Crippen LogP contribution >= 0.6 is 69.6 Å². The lowest BCUT2D eigenvalue weighted by Gasteiger charge is -2.38. The molecule has 61 heavy (non-hydrogen) atoms. The van der Waals surface area contributed by atoms with Crippen molar-refractivity contribution < 1.29 is 18.9 Å². The Hall–Kier alpha value is -3.59. The molecule has 0 radical (unpaired) electrons. The molecule has 6 aromatic rings. The number of piperazine rings is 1. The first kappa shape index (κ1) is 45.4. The fraction of sp³-hybridized carbons (Fsp3) is 0.341. The molecule has 0 N–H and O–H groups in total. The van der Waals surface area contributed by atoms with Gasteiger partial charge in [0.05, 0.1) is 31.1 Å². The monoisotopic (exact) mass is 945 g/mol. The van der Waals surface area contributed by atoms with Gasteiger partial charge in [-0.15, -0.1) is 0 Å². The SMILES string of the molecule is CC(C)N1CCN(c2ccc(OC[C@H]3CO[C@](Cn4cncn4)(c4ccc(Cl)cc4Cl)O3)cc2)CC1.Clc1ccc(COC(Cn2ccnc2)c2ccc(Cl)cc2Cl)c(Cl)c1. The normalized spacial score (nSPS) is 18.6. The second-order valence-electron chi connectivity index (χ2n) is 14.9. The summed E-state index contributed by atoms with van der Waals surface area (Å²) in [5.41, 5.74) is 3.61. The number of hydrogen-bond acceptors (Lipinski definition) is 9. The number of benzene rings is 4. The predicted molar refractivity (Wildman–Crippen MR) is 243 cm³/mol. The van der Waals surface area contributed by atoms with E-state index in [2.05, 4.69) is 50.8 Å². The fourth-order valence-corrected chi connectivity index (χ4v) is 8.69. The van der Waals surface area contributed by atoms with Crippen LogP contribution in [0.5, 0.6) is 5.75 Å². The van der Waals surface area contributed by atoms with Gasteiger partial charge < -0.3 is 28.4 Å². The van der Waals surface area contributed by atoms with Crippen molar-refractivity contribution in [2.75, 3.05) is 44.3 Å². The van der Waals surface area contributed by atoms with Crippen molar-refractivity contribution in [3.05, 3.63) is 157 Å². The molecule has 0 saturated carbocycles. The van der Waals surface area contributed by atoms with Gasteiger partial charge in [-0.3, -0.25) is 4.90 Å². The van der Waals surface area contributed by atoms with E-state index in [1.807, 2.05) is 41.1 Å². The average Bonchev–Trinajstić information content (AvgIpc) is 4.04. The molecule has 322 valence electrons. The van der Waals surface area contributed by atoms with E-state index in [0.29, 0.717) is 74.7 Å². The van der Waals surface area contributed by atoms with Gasteiger partial charge in [-0.2, -0.15) is 5.10 Å². The van der Waals surface area contributed by atoms with Gasteiger partial charge in [-0.05, 0) is 80.1 Å². The van der Waals surface area contributed by atoms with Crippen molar-refractivity contribution in [1.29, 1.82) is 0 Å². The van der Waals surface area contributed by atoms with Crippen molar-refractivity contribution in [2.24, 2.45) is 0 Å². The first-order valence-electron chi connectivity index (χ1n) is 19.7. The van der Waals surface area contributed by atoms with Crippen LogP contribution < -0.4 is 9.64 Å². The van der Waals surface area contributed by atoms with Gasteiger partial charge in [-0.1, -0.05) is 87.8 Å². The van der Waals surface area contributed by atoms with Gasteiger partial charge in [0.2, 0.25) is 5.79 Å². The molecule has 2 saturated heterocycles. The summed E-state index contributed by atoms with van der Waals surface area (Å²) in [5, 5.41) is 7.51. The molecule has 0 bridgehead atoms. The molecule has 1 unspecified atom stereocenters. The largest absolute Gasteiger partial charge is 0.491 e. The van der Waals surface area contributed by atoms with Crippen molar-refractivity contribution in [1.82, 2.24) is 29.2 Å². The molecule has 0 aliphatic carbocycles. The molecular weight excluding hydrogens is 903 g/mol.